The van der Waals surface area contributed by atoms with Gasteiger partial charge in [-0.1, -0.05) is 42.0 Å². The van der Waals surface area contributed by atoms with E-state index in [1.54, 1.807) is 6.33 Å². The number of anilines is 1. The average Bonchev–Trinajstić information content (AvgIpc) is 2.62. The van der Waals surface area contributed by atoms with Crippen LogP contribution in [-0.4, -0.2) is 23.1 Å². The molecule has 24 heavy (non-hydrogen) atoms. The molecule has 0 aliphatic rings. The highest BCUT2D eigenvalue weighted by molar-refractivity contribution is 5.89. The summed E-state index contributed by atoms with van der Waals surface area (Å²) in [6.45, 7) is 5.70. The molecular formula is C20H23N3O. The monoisotopic (exact) mass is 321 g/mol. The number of ether oxygens (including phenoxy) is 1. The van der Waals surface area contributed by atoms with Crippen LogP contribution in [0, 0.1) is 6.92 Å². The van der Waals surface area contributed by atoms with Crippen molar-refractivity contribution in [1.82, 2.24) is 9.97 Å². The van der Waals surface area contributed by atoms with Gasteiger partial charge in [-0.2, -0.15) is 0 Å². The lowest BCUT2D eigenvalue weighted by atomic mass is 10.1. The lowest BCUT2D eigenvalue weighted by Crippen LogP contribution is -2.09. The Hall–Kier alpha value is -2.46. The molecule has 3 aromatic rings. The van der Waals surface area contributed by atoms with Gasteiger partial charge in [-0.05, 0) is 38.0 Å². The van der Waals surface area contributed by atoms with Crippen molar-refractivity contribution in [3.8, 4) is 0 Å². The second-order valence-corrected chi connectivity index (χ2v) is 5.95. The molecule has 1 atom stereocenters. The van der Waals surface area contributed by atoms with Gasteiger partial charge >= 0.3 is 0 Å². The van der Waals surface area contributed by atoms with Gasteiger partial charge in [0.05, 0.1) is 11.6 Å². The number of fused-ring (bicyclic) bond motifs is 1. The number of aromatic nitrogens is 2. The molecule has 0 aliphatic carbocycles. The number of nitrogens with zero attached hydrogens (tertiary/aromatic N) is 2. The highest BCUT2D eigenvalue weighted by Crippen LogP contribution is 2.20. The molecule has 0 saturated heterocycles. The largest absolute Gasteiger partial charge is 0.374 e. The minimum atomic E-state index is 0.119. The molecule has 4 nitrogen and oxygen atoms in total. The van der Waals surface area contributed by atoms with E-state index >= 15 is 0 Å². The standard InChI is InChI=1S/C20H23N3O/c1-15-9-10-19-18(13-15)20(23-14-22-19)21-11-6-12-24-16(2)17-7-4-3-5-8-17/h3-5,7-10,13-14,16H,6,11-12H2,1-2H3,(H,21,22,23). The SMILES string of the molecule is Cc1ccc2ncnc(NCCCOC(C)c3ccccc3)c2c1. The Bertz CT molecular complexity index is 789. The van der Waals surface area contributed by atoms with Crippen LogP contribution in [-0.2, 0) is 4.74 Å². The van der Waals surface area contributed by atoms with E-state index in [2.05, 4.69) is 53.4 Å². The number of hydrogen-bond donors (Lipinski definition) is 1. The van der Waals surface area contributed by atoms with E-state index in [0.29, 0.717) is 6.61 Å². The highest BCUT2D eigenvalue weighted by Gasteiger charge is 2.05. The predicted octanol–water partition coefficient (Wildman–Crippen LogP) is 4.52. The van der Waals surface area contributed by atoms with Crippen LogP contribution >= 0.6 is 0 Å². The summed E-state index contributed by atoms with van der Waals surface area (Å²) in [5, 5.41) is 4.46. The molecule has 1 aromatic heterocycles. The van der Waals surface area contributed by atoms with Gasteiger partial charge < -0.3 is 10.1 Å². The maximum atomic E-state index is 5.90. The third-order valence-electron chi connectivity index (χ3n) is 4.04. The van der Waals surface area contributed by atoms with Crippen LogP contribution in [0.2, 0.25) is 0 Å². The summed E-state index contributed by atoms with van der Waals surface area (Å²) in [4.78, 5) is 8.67. The Labute approximate surface area is 142 Å². The Balaban J connectivity index is 1.50. The normalized spacial score (nSPS) is 12.2. The Morgan fingerprint density at radius 3 is 2.75 bits per heavy atom. The van der Waals surface area contributed by atoms with Crippen molar-refractivity contribution in [2.75, 3.05) is 18.5 Å². The maximum absolute atomic E-state index is 5.90. The van der Waals surface area contributed by atoms with Crippen LogP contribution < -0.4 is 5.32 Å². The molecule has 0 radical (unpaired) electrons. The van der Waals surface area contributed by atoms with E-state index in [4.69, 9.17) is 4.74 Å². The number of nitrogens with one attached hydrogen (secondary N) is 1. The summed E-state index contributed by atoms with van der Waals surface area (Å²) in [6, 6.07) is 16.5. The van der Waals surface area contributed by atoms with Crippen LogP contribution in [0.5, 0.6) is 0 Å². The topological polar surface area (TPSA) is 47.0 Å². The molecule has 1 unspecified atom stereocenters. The van der Waals surface area contributed by atoms with E-state index in [0.717, 1.165) is 29.7 Å². The molecule has 4 heteroatoms. The zero-order valence-corrected chi connectivity index (χ0v) is 14.2. The first-order chi connectivity index (χ1) is 11.7. The van der Waals surface area contributed by atoms with E-state index in [-0.39, 0.29) is 6.10 Å². The summed E-state index contributed by atoms with van der Waals surface area (Å²) >= 11 is 0. The summed E-state index contributed by atoms with van der Waals surface area (Å²) in [6.07, 6.45) is 2.65. The fourth-order valence-electron chi connectivity index (χ4n) is 2.67. The van der Waals surface area contributed by atoms with Gasteiger partial charge in [-0.3, -0.25) is 0 Å². The lowest BCUT2D eigenvalue weighted by molar-refractivity contribution is 0.0656. The van der Waals surface area contributed by atoms with E-state index in [1.165, 1.54) is 11.1 Å². The van der Waals surface area contributed by atoms with Crippen LogP contribution in [0.15, 0.2) is 54.9 Å². The van der Waals surface area contributed by atoms with Gasteiger partial charge in [0.2, 0.25) is 0 Å². The maximum Gasteiger partial charge on any atom is 0.137 e. The zero-order chi connectivity index (χ0) is 16.8. The van der Waals surface area contributed by atoms with Crippen LogP contribution in [0.4, 0.5) is 5.82 Å². The zero-order valence-electron chi connectivity index (χ0n) is 14.2. The third kappa shape index (κ3) is 4.09. The van der Waals surface area contributed by atoms with Crippen molar-refractivity contribution >= 4 is 16.7 Å². The molecular weight excluding hydrogens is 298 g/mol. The summed E-state index contributed by atoms with van der Waals surface area (Å²) in [5.41, 5.74) is 3.38. The molecule has 0 saturated carbocycles. The van der Waals surface area contributed by atoms with Crippen molar-refractivity contribution < 1.29 is 4.74 Å². The number of hydrogen-bond acceptors (Lipinski definition) is 4. The number of aryl methyl sites for hydroxylation is 1. The van der Waals surface area contributed by atoms with Crippen molar-refractivity contribution in [1.29, 1.82) is 0 Å². The fourth-order valence-corrected chi connectivity index (χ4v) is 2.67. The number of rotatable bonds is 7. The number of benzene rings is 2. The van der Waals surface area contributed by atoms with Gasteiger partial charge in [-0.15, -0.1) is 0 Å². The molecule has 2 aromatic carbocycles. The quantitative estimate of drug-likeness (QED) is 0.650. The van der Waals surface area contributed by atoms with E-state index in [9.17, 15) is 0 Å². The molecule has 0 bridgehead atoms. The minimum Gasteiger partial charge on any atom is -0.374 e. The first kappa shape index (κ1) is 16.4. The third-order valence-corrected chi connectivity index (χ3v) is 4.04. The first-order valence-corrected chi connectivity index (χ1v) is 8.36. The molecule has 0 fully saturated rings. The molecule has 0 spiro atoms. The second-order valence-electron chi connectivity index (χ2n) is 5.95. The van der Waals surface area contributed by atoms with E-state index < -0.39 is 0 Å². The predicted molar refractivity (Wildman–Crippen MR) is 98.2 cm³/mol. The second kappa shape index (κ2) is 7.88. The Morgan fingerprint density at radius 1 is 1.08 bits per heavy atom. The van der Waals surface area contributed by atoms with Crippen LogP contribution in [0.25, 0.3) is 10.9 Å². The van der Waals surface area contributed by atoms with Gasteiger partial charge in [0.15, 0.2) is 0 Å². The van der Waals surface area contributed by atoms with Crippen molar-refractivity contribution in [2.24, 2.45) is 0 Å². The van der Waals surface area contributed by atoms with Crippen LogP contribution in [0.3, 0.4) is 0 Å². The van der Waals surface area contributed by atoms with Gasteiger partial charge in [0.1, 0.15) is 12.1 Å². The smallest absolute Gasteiger partial charge is 0.137 e. The summed E-state index contributed by atoms with van der Waals surface area (Å²) in [7, 11) is 0. The molecule has 124 valence electrons. The Morgan fingerprint density at radius 2 is 1.92 bits per heavy atom. The summed E-state index contributed by atoms with van der Waals surface area (Å²) < 4.78 is 5.90. The first-order valence-electron chi connectivity index (χ1n) is 8.36. The highest BCUT2D eigenvalue weighted by atomic mass is 16.5. The molecule has 3 rings (SSSR count). The molecule has 1 N–H and O–H groups in total. The van der Waals surface area contributed by atoms with Crippen molar-refractivity contribution in [3.05, 3.63) is 66.0 Å². The van der Waals surface area contributed by atoms with Gasteiger partial charge in [-0.25, -0.2) is 9.97 Å². The molecule has 0 aliphatic heterocycles. The summed E-state index contributed by atoms with van der Waals surface area (Å²) in [5.74, 6) is 0.889. The minimum absolute atomic E-state index is 0.119. The molecule has 1 heterocycles. The average molecular weight is 321 g/mol. The van der Waals surface area contributed by atoms with Gasteiger partial charge in [0, 0.05) is 18.5 Å². The van der Waals surface area contributed by atoms with Crippen molar-refractivity contribution in [3.63, 3.8) is 0 Å². The van der Waals surface area contributed by atoms with Crippen molar-refractivity contribution in [2.45, 2.75) is 26.4 Å². The van der Waals surface area contributed by atoms with E-state index in [1.807, 2.05) is 24.3 Å². The van der Waals surface area contributed by atoms with Gasteiger partial charge in [0.25, 0.3) is 0 Å². The Kier molecular flexibility index (Phi) is 5.39. The molecule has 0 amide bonds. The lowest BCUT2D eigenvalue weighted by Gasteiger charge is -2.14. The fraction of sp³-hybridized carbons (Fsp3) is 0.300. The van der Waals surface area contributed by atoms with Crippen LogP contribution in [0.1, 0.15) is 30.6 Å².